The van der Waals surface area contributed by atoms with E-state index in [9.17, 15) is 9.90 Å². The summed E-state index contributed by atoms with van der Waals surface area (Å²) in [5.41, 5.74) is 0.712. The van der Waals surface area contributed by atoms with Crippen LogP contribution in [0.15, 0.2) is 34.7 Å². The smallest absolute Gasteiger partial charge is 0.289 e. The summed E-state index contributed by atoms with van der Waals surface area (Å²) in [5, 5.41) is 10.1. The summed E-state index contributed by atoms with van der Waals surface area (Å²) in [6.07, 6.45) is 1.73. The van der Waals surface area contributed by atoms with Crippen LogP contribution in [-0.4, -0.2) is 35.1 Å². The Kier molecular flexibility index (Phi) is 4.79. The minimum Gasteiger partial charge on any atom is -0.451 e. The van der Waals surface area contributed by atoms with Crippen molar-refractivity contribution in [3.63, 3.8) is 0 Å². The van der Waals surface area contributed by atoms with E-state index in [1.807, 2.05) is 38.1 Å². The van der Waals surface area contributed by atoms with Crippen molar-refractivity contribution >= 4 is 16.9 Å². The van der Waals surface area contributed by atoms with Crippen molar-refractivity contribution in [1.82, 2.24) is 4.90 Å². The van der Waals surface area contributed by atoms with E-state index in [0.717, 1.165) is 18.2 Å². The van der Waals surface area contributed by atoms with Gasteiger partial charge in [-0.3, -0.25) is 4.79 Å². The van der Waals surface area contributed by atoms with Gasteiger partial charge in [-0.05, 0) is 25.0 Å². The lowest BCUT2D eigenvalue weighted by atomic mass is 10.1. The van der Waals surface area contributed by atoms with Crippen LogP contribution < -0.4 is 0 Å². The normalized spacial score (nSPS) is 11.2. The lowest BCUT2D eigenvalue weighted by molar-refractivity contribution is 0.0592. The molecule has 0 saturated carbocycles. The molecule has 1 heterocycles. The molecule has 0 aliphatic heterocycles. The van der Waals surface area contributed by atoms with Gasteiger partial charge in [-0.25, -0.2) is 0 Å². The fraction of sp³-hybridized carbons (Fsp3) is 0.438. The molecule has 0 spiro atoms. The van der Waals surface area contributed by atoms with Gasteiger partial charge in [0.15, 0.2) is 5.76 Å². The van der Waals surface area contributed by atoms with Gasteiger partial charge in [0.2, 0.25) is 0 Å². The standard InChI is InChI=1S/C16H21NO3/c1-3-13(4-2)17(9-10-18)16(19)15-11-12-7-5-6-8-14(12)20-15/h5-8,11,13,18H,3-4,9-10H2,1-2H3. The molecule has 0 aliphatic rings. The molecule has 2 aromatic rings. The first-order valence-corrected chi connectivity index (χ1v) is 7.11. The third-order valence-corrected chi connectivity index (χ3v) is 3.62. The first-order chi connectivity index (χ1) is 9.71. The number of amides is 1. The Morgan fingerprint density at radius 1 is 1.30 bits per heavy atom. The molecule has 0 aliphatic carbocycles. The molecule has 0 radical (unpaired) electrons. The number of para-hydroxylation sites is 1. The lowest BCUT2D eigenvalue weighted by Gasteiger charge is -2.29. The molecular weight excluding hydrogens is 254 g/mol. The molecular formula is C16H21NO3. The van der Waals surface area contributed by atoms with E-state index in [4.69, 9.17) is 4.42 Å². The molecule has 0 atom stereocenters. The highest BCUT2D eigenvalue weighted by Gasteiger charge is 2.24. The van der Waals surface area contributed by atoms with Gasteiger partial charge in [-0.15, -0.1) is 0 Å². The summed E-state index contributed by atoms with van der Waals surface area (Å²) in [6, 6.07) is 9.46. The van der Waals surface area contributed by atoms with Gasteiger partial charge < -0.3 is 14.4 Å². The highest BCUT2D eigenvalue weighted by Crippen LogP contribution is 2.21. The van der Waals surface area contributed by atoms with Crippen LogP contribution in [0.4, 0.5) is 0 Å². The predicted molar refractivity (Wildman–Crippen MR) is 78.7 cm³/mol. The molecule has 1 aromatic carbocycles. The number of hydrogen-bond donors (Lipinski definition) is 1. The number of furan rings is 1. The number of carbonyl (C=O) groups excluding carboxylic acids is 1. The molecule has 0 fully saturated rings. The molecule has 4 nitrogen and oxygen atoms in total. The molecule has 2 rings (SSSR count). The fourth-order valence-corrected chi connectivity index (χ4v) is 2.52. The van der Waals surface area contributed by atoms with Gasteiger partial charge in [0.1, 0.15) is 5.58 Å². The Morgan fingerprint density at radius 2 is 2.00 bits per heavy atom. The van der Waals surface area contributed by atoms with Crippen molar-refractivity contribution in [3.8, 4) is 0 Å². The van der Waals surface area contributed by atoms with E-state index in [0.29, 0.717) is 17.9 Å². The fourth-order valence-electron chi connectivity index (χ4n) is 2.52. The van der Waals surface area contributed by atoms with Gasteiger partial charge in [0.25, 0.3) is 5.91 Å². The molecule has 1 amide bonds. The molecule has 0 saturated heterocycles. The van der Waals surface area contributed by atoms with E-state index in [1.165, 1.54) is 0 Å². The summed E-state index contributed by atoms with van der Waals surface area (Å²) >= 11 is 0. The Bertz CT molecular complexity index is 539. The van der Waals surface area contributed by atoms with Crippen molar-refractivity contribution in [1.29, 1.82) is 0 Å². The zero-order valence-corrected chi connectivity index (χ0v) is 12.0. The SMILES string of the molecule is CCC(CC)N(CCO)C(=O)c1cc2ccccc2o1. The van der Waals surface area contributed by atoms with Crippen molar-refractivity contribution in [2.24, 2.45) is 0 Å². The Morgan fingerprint density at radius 3 is 2.60 bits per heavy atom. The summed E-state index contributed by atoms with van der Waals surface area (Å²) in [4.78, 5) is 14.3. The number of nitrogens with zero attached hydrogens (tertiary/aromatic N) is 1. The largest absolute Gasteiger partial charge is 0.451 e. The molecule has 1 N–H and O–H groups in total. The Balaban J connectivity index is 2.30. The van der Waals surface area contributed by atoms with Crippen molar-refractivity contribution in [3.05, 3.63) is 36.1 Å². The molecule has 0 bridgehead atoms. The predicted octanol–water partition coefficient (Wildman–Crippen LogP) is 3.06. The highest BCUT2D eigenvalue weighted by atomic mass is 16.3. The lowest BCUT2D eigenvalue weighted by Crippen LogP contribution is -2.41. The maximum Gasteiger partial charge on any atom is 0.289 e. The van der Waals surface area contributed by atoms with E-state index in [1.54, 1.807) is 11.0 Å². The van der Waals surface area contributed by atoms with Gasteiger partial charge in [0.05, 0.1) is 6.61 Å². The number of hydrogen-bond acceptors (Lipinski definition) is 3. The van der Waals surface area contributed by atoms with Crippen LogP contribution in [0.2, 0.25) is 0 Å². The van der Waals surface area contributed by atoms with Crippen molar-refractivity contribution in [2.75, 3.05) is 13.2 Å². The van der Waals surface area contributed by atoms with E-state index >= 15 is 0 Å². The summed E-state index contributed by atoms with van der Waals surface area (Å²) in [5.74, 6) is 0.190. The van der Waals surface area contributed by atoms with E-state index < -0.39 is 0 Å². The summed E-state index contributed by atoms with van der Waals surface area (Å²) in [7, 11) is 0. The minimum absolute atomic E-state index is 0.0392. The van der Waals surface area contributed by atoms with Crippen LogP contribution in [0.5, 0.6) is 0 Å². The maximum absolute atomic E-state index is 12.6. The van der Waals surface area contributed by atoms with Crippen LogP contribution in [-0.2, 0) is 0 Å². The van der Waals surface area contributed by atoms with E-state index in [2.05, 4.69) is 0 Å². The average Bonchev–Trinajstić information content (AvgIpc) is 2.90. The number of aliphatic hydroxyl groups excluding tert-OH is 1. The van der Waals surface area contributed by atoms with Crippen LogP contribution in [0, 0.1) is 0 Å². The van der Waals surface area contributed by atoms with Gasteiger partial charge in [-0.2, -0.15) is 0 Å². The third kappa shape index (κ3) is 2.85. The van der Waals surface area contributed by atoms with Crippen LogP contribution in [0.3, 0.4) is 0 Å². The number of aliphatic hydroxyl groups is 1. The molecule has 108 valence electrons. The minimum atomic E-state index is -0.149. The Hall–Kier alpha value is -1.81. The van der Waals surface area contributed by atoms with Gasteiger partial charge in [0, 0.05) is 18.0 Å². The number of fused-ring (bicyclic) bond motifs is 1. The van der Waals surface area contributed by atoms with E-state index in [-0.39, 0.29) is 18.6 Å². The molecule has 1 aromatic heterocycles. The third-order valence-electron chi connectivity index (χ3n) is 3.62. The second kappa shape index (κ2) is 6.57. The maximum atomic E-state index is 12.6. The van der Waals surface area contributed by atoms with Crippen molar-refractivity contribution < 1.29 is 14.3 Å². The number of carbonyl (C=O) groups is 1. The second-order valence-electron chi connectivity index (χ2n) is 4.84. The topological polar surface area (TPSA) is 53.7 Å². The first-order valence-electron chi connectivity index (χ1n) is 7.11. The molecule has 0 unspecified atom stereocenters. The zero-order chi connectivity index (χ0) is 14.5. The number of benzene rings is 1. The molecule has 20 heavy (non-hydrogen) atoms. The molecule has 4 heteroatoms. The van der Waals surface area contributed by atoms with Crippen LogP contribution in [0.25, 0.3) is 11.0 Å². The van der Waals surface area contributed by atoms with Gasteiger partial charge in [-0.1, -0.05) is 32.0 Å². The number of rotatable bonds is 6. The van der Waals surface area contributed by atoms with Crippen LogP contribution in [0.1, 0.15) is 37.2 Å². The average molecular weight is 275 g/mol. The highest BCUT2D eigenvalue weighted by molar-refractivity contribution is 5.96. The zero-order valence-electron chi connectivity index (χ0n) is 12.0. The van der Waals surface area contributed by atoms with Crippen molar-refractivity contribution in [2.45, 2.75) is 32.7 Å². The summed E-state index contributed by atoms with van der Waals surface area (Å²) < 4.78 is 5.62. The first kappa shape index (κ1) is 14.6. The monoisotopic (exact) mass is 275 g/mol. The quantitative estimate of drug-likeness (QED) is 0.881. The van der Waals surface area contributed by atoms with Gasteiger partial charge >= 0.3 is 0 Å². The Labute approximate surface area is 119 Å². The second-order valence-corrected chi connectivity index (χ2v) is 4.84. The van der Waals surface area contributed by atoms with Crippen LogP contribution >= 0.6 is 0 Å². The summed E-state index contributed by atoms with van der Waals surface area (Å²) in [6.45, 7) is 4.39.